The summed E-state index contributed by atoms with van der Waals surface area (Å²) >= 11 is 5.70. The molecule has 0 spiro atoms. The number of nitrogens with one attached hydrogen (secondary N) is 1. The molecule has 0 unspecified atom stereocenters. The van der Waals surface area contributed by atoms with E-state index in [0.717, 1.165) is 12.1 Å². The fraction of sp³-hybridized carbons (Fsp3) is 0. The fourth-order valence-corrected chi connectivity index (χ4v) is 1.54. The third kappa shape index (κ3) is 3.66. The summed E-state index contributed by atoms with van der Waals surface area (Å²) in [4.78, 5) is 11.5. The number of anilines is 1. The Balaban J connectivity index is 2.03. The van der Waals surface area contributed by atoms with Crippen LogP contribution in [0, 0.1) is 11.6 Å². The standard InChI is InChI=1S/C13H8ClF2NO2/c14-11-7-9(16)3-6-12(11)19-13(18)17-10-4-1-8(15)2-5-10/h1-7H,(H,17,18). The molecule has 98 valence electrons. The first-order chi connectivity index (χ1) is 9.04. The molecule has 6 heteroatoms. The van der Waals surface area contributed by atoms with Gasteiger partial charge >= 0.3 is 6.09 Å². The molecule has 0 saturated heterocycles. The Labute approximate surface area is 112 Å². The Kier molecular flexibility index (Phi) is 3.97. The van der Waals surface area contributed by atoms with E-state index >= 15 is 0 Å². The van der Waals surface area contributed by atoms with Gasteiger partial charge in [0.25, 0.3) is 0 Å². The van der Waals surface area contributed by atoms with Crippen LogP contribution in [0.4, 0.5) is 19.3 Å². The number of carbonyl (C=O) groups is 1. The molecule has 3 nitrogen and oxygen atoms in total. The average Bonchev–Trinajstić information content (AvgIpc) is 2.36. The van der Waals surface area contributed by atoms with Crippen LogP contribution >= 0.6 is 11.6 Å². The molecule has 2 aromatic carbocycles. The van der Waals surface area contributed by atoms with E-state index in [2.05, 4.69) is 5.32 Å². The minimum absolute atomic E-state index is 0.0192. The molecule has 2 rings (SSSR count). The predicted molar refractivity (Wildman–Crippen MR) is 67.5 cm³/mol. The van der Waals surface area contributed by atoms with Crippen molar-refractivity contribution in [2.24, 2.45) is 0 Å². The quantitative estimate of drug-likeness (QED) is 0.896. The first kappa shape index (κ1) is 13.3. The van der Waals surface area contributed by atoms with E-state index < -0.39 is 17.7 Å². The van der Waals surface area contributed by atoms with Gasteiger partial charge in [0.15, 0.2) is 5.75 Å². The van der Waals surface area contributed by atoms with Gasteiger partial charge in [0.05, 0.1) is 5.02 Å². The van der Waals surface area contributed by atoms with Gasteiger partial charge in [-0.2, -0.15) is 0 Å². The van der Waals surface area contributed by atoms with Gasteiger partial charge in [0, 0.05) is 5.69 Å². The Morgan fingerprint density at radius 2 is 1.68 bits per heavy atom. The van der Waals surface area contributed by atoms with Gasteiger partial charge in [-0.3, -0.25) is 5.32 Å². The largest absolute Gasteiger partial charge is 0.417 e. The van der Waals surface area contributed by atoms with Gasteiger partial charge in [0.1, 0.15) is 11.6 Å². The second-order valence-electron chi connectivity index (χ2n) is 3.60. The number of carbonyl (C=O) groups excluding carboxylic acids is 1. The molecule has 0 atom stereocenters. The third-order valence-corrected chi connectivity index (χ3v) is 2.48. The van der Waals surface area contributed by atoms with E-state index in [4.69, 9.17) is 16.3 Å². The molecule has 0 aliphatic carbocycles. The number of benzene rings is 2. The first-order valence-corrected chi connectivity index (χ1v) is 5.62. The summed E-state index contributed by atoms with van der Waals surface area (Å²) in [6.07, 6.45) is -0.805. The summed E-state index contributed by atoms with van der Waals surface area (Å²) in [5.74, 6) is -0.917. The summed E-state index contributed by atoms with van der Waals surface area (Å²) in [5.41, 5.74) is 0.365. The van der Waals surface area contributed by atoms with Crippen molar-refractivity contribution < 1.29 is 18.3 Å². The van der Waals surface area contributed by atoms with E-state index in [9.17, 15) is 13.6 Å². The molecule has 0 radical (unpaired) electrons. The molecule has 0 saturated carbocycles. The van der Waals surface area contributed by atoms with Gasteiger partial charge in [-0.25, -0.2) is 13.6 Å². The smallest absolute Gasteiger partial charge is 0.408 e. The van der Waals surface area contributed by atoms with Crippen LogP contribution < -0.4 is 10.1 Å². The SMILES string of the molecule is O=C(Nc1ccc(F)cc1)Oc1ccc(F)cc1Cl. The highest BCUT2D eigenvalue weighted by molar-refractivity contribution is 6.32. The van der Waals surface area contributed by atoms with Crippen LogP contribution in [0.15, 0.2) is 42.5 Å². The molecule has 0 fully saturated rings. The maximum Gasteiger partial charge on any atom is 0.417 e. The maximum atomic E-state index is 12.8. The highest BCUT2D eigenvalue weighted by Crippen LogP contribution is 2.25. The van der Waals surface area contributed by atoms with E-state index in [-0.39, 0.29) is 10.8 Å². The summed E-state index contributed by atoms with van der Waals surface area (Å²) in [6.45, 7) is 0. The zero-order valence-corrected chi connectivity index (χ0v) is 10.2. The molecular weight excluding hydrogens is 276 g/mol. The fourth-order valence-electron chi connectivity index (χ4n) is 1.33. The van der Waals surface area contributed by atoms with Crippen LogP contribution in [-0.4, -0.2) is 6.09 Å². The summed E-state index contributed by atoms with van der Waals surface area (Å²) in [6, 6.07) is 8.53. The number of halogens is 3. The maximum absolute atomic E-state index is 12.8. The van der Waals surface area contributed by atoms with Crippen molar-refractivity contribution in [1.29, 1.82) is 0 Å². The van der Waals surface area contributed by atoms with Crippen molar-refractivity contribution in [3.63, 3.8) is 0 Å². The molecule has 1 N–H and O–H groups in total. The van der Waals surface area contributed by atoms with Crippen molar-refractivity contribution in [2.75, 3.05) is 5.32 Å². The zero-order chi connectivity index (χ0) is 13.8. The van der Waals surface area contributed by atoms with Crippen LogP contribution in [0.2, 0.25) is 5.02 Å². The van der Waals surface area contributed by atoms with Crippen LogP contribution in [0.25, 0.3) is 0 Å². The van der Waals surface area contributed by atoms with Gasteiger partial charge in [-0.1, -0.05) is 11.6 Å². The normalized spacial score (nSPS) is 10.1. The van der Waals surface area contributed by atoms with E-state index in [0.29, 0.717) is 5.69 Å². The van der Waals surface area contributed by atoms with Crippen molar-refractivity contribution in [2.45, 2.75) is 0 Å². The number of amides is 1. The Morgan fingerprint density at radius 1 is 1.05 bits per heavy atom. The topological polar surface area (TPSA) is 38.3 Å². The lowest BCUT2D eigenvalue weighted by Crippen LogP contribution is -2.16. The molecule has 2 aromatic rings. The monoisotopic (exact) mass is 283 g/mol. The minimum Gasteiger partial charge on any atom is -0.408 e. The second-order valence-corrected chi connectivity index (χ2v) is 4.00. The van der Waals surface area contributed by atoms with Crippen LogP contribution in [0.5, 0.6) is 5.75 Å². The zero-order valence-electron chi connectivity index (χ0n) is 9.49. The average molecular weight is 284 g/mol. The molecule has 0 bridgehead atoms. The molecule has 0 aliphatic heterocycles. The minimum atomic E-state index is -0.805. The van der Waals surface area contributed by atoms with Crippen LogP contribution in [0.1, 0.15) is 0 Å². The summed E-state index contributed by atoms with van der Waals surface area (Å²) in [7, 11) is 0. The summed E-state index contributed by atoms with van der Waals surface area (Å²) in [5, 5.41) is 2.36. The van der Waals surface area contributed by atoms with Crippen molar-refractivity contribution in [3.05, 3.63) is 59.1 Å². The third-order valence-electron chi connectivity index (χ3n) is 2.19. The van der Waals surface area contributed by atoms with Crippen LogP contribution in [-0.2, 0) is 0 Å². The lowest BCUT2D eigenvalue weighted by Gasteiger charge is -2.07. The van der Waals surface area contributed by atoms with Gasteiger partial charge in [-0.05, 0) is 42.5 Å². The lowest BCUT2D eigenvalue weighted by atomic mass is 10.3. The number of hydrogen-bond acceptors (Lipinski definition) is 2. The van der Waals surface area contributed by atoms with Crippen molar-refractivity contribution in [1.82, 2.24) is 0 Å². The predicted octanol–water partition coefficient (Wildman–Crippen LogP) is 4.23. The Morgan fingerprint density at radius 3 is 2.32 bits per heavy atom. The van der Waals surface area contributed by atoms with E-state index in [1.807, 2.05) is 0 Å². The highest BCUT2D eigenvalue weighted by atomic mass is 35.5. The highest BCUT2D eigenvalue weighted by Gasteiger charge is 2.09. The van der Waals surface area contributed by atoms with Gasteiger partial charge in [0.2, 0.25) is 0 Å². The molecular formula is C13H8ClF2NO2. The molecule has 19 heavy (non-hydrogen) atoms. The Bertz CT molecular complexity index is 602. The lowest BCUT2D eigenvalue weighted by molar-refractivity contribution is 0.215. The number of rotatable bonds is 2. The second kappa shape index (κ2) is 5.67. The van der Waals surface area contributed by atoms with Crippen molar-refractivity contribution >= 4 is 23.4 Å². The number of hydrogen-bond donors (Lipinski definition) is 1. The molecule has 1 amide bonds. The Hall–Kier alpha value is -2.14. The van der Waals surface area contributed by atoms with E-state index in [1.54, 1.807) is 0 Å². The number of ether oxygens (including phenoxy) is 1. The molecule has 0 heterocycles. The van der Waals surface area contributed by atoms with E-state index in [1.165, 1.54) is 30.3 Å². The van der Waals surface area contributed by atoms with Crippen molar-refractivity contribution in [3.8, 4) is 5.75 Å². The first-order valence-electron chi connectivity index (χ1n) is 5.24. The van der Waals surface area contributed by atoms with Gasteiger partial charge < -0.3 is 4.74 Å². The molecule has 0 aromatic heterocycles. The molecule has 0 aliphatic rings. The summed E-state index contributed by atoms with van der Waals surface area (Å²) < 4.78 is 30.4. The van der Waals surface area contributed by atoms with Gasteiger partial charge in [-0.15, -0.1) is 0 Å². The van der Waals surface area contributed by atoms with Crippen LogP contribution in [0.3, 0.4) is 0 Å².